The fourth-order valence-electron chi connectivity index (χ4n) is 3.15. The average Bonchev–Trinajstić information content (AvgIpc) is 2.42. The Morgan fingerprint density at radius 3 is 2.48 bits per heavy atom. The molecule has 114 valence electrons. The highest BCUT2D eigenvalue weighted by atomic mass is 15.2. The molecule has 2 rings (SSSR count). The summed E-state index contributed by atoms with van der Waals surface area (Å²) in [6.45, 7) is 6.01. The Hall–Kier alpha value is -1.37. The third kappa shape index (κ3) is 4.06. The summed E-state index contributed by atoms with van der Waals surface area (Å²) < 4.78 is 0. The lowest BCUT2D eigenvalue weighted by Gasteiger charge is -2.37. The van der Waals surface area contributed by atoms with E-state index >= 15 is 0 Å². The molecule has 3 nitrogen and oxygen atoms in total. The van der Waals surface area contributed by atoms with Crippen molar-refractivity contribution in [2.24, 2.45) is 5.92 Å². The van der Waals surface area contributed by atoms with Crippen LogP contribution in [0, 0.1) is 17.2 Å². The van der Waals surface area contributed by atoms with E-state index in [9.17, 15) is 5.26 Å². The van der Waals surface area contributed by atoms with Crippen LogP contribution in [0.3, 0.4) is 0 Å². The molecule has 0 aromatic heterocycles. The molecule has 1 fully saturated rings. The largest absolute Gasteiger partial charge is 0.303 e. The summed E-state index contributed by atoms with van der Waals surface area (Å²) >= 11 is 0. The third-order valence-corrected chi connectivity index (χ3v) is 4.29. The molecular formula is C18H27N3. The Balaban J connectivity index is 2.16. The normalized spacial score (nSPS) is 18.3. The highest BCUT2D eigenvalue weighted by molar-refractivity contribution is 5.32. The van der Waals surface area contributed by atoms with Gasteiger partial charge in [0, 0.05) is 19.1 Å². The van der Waals surface area contributed by atoms with Gasteiger partial charge in [0.25, 0.3) is 0 Å². The molecule has 0 radical (unpaired) electrons. The van der Waals surface area contributed by atoms with Crippen molar-refractivity contribution in [3.63, 3.8) is 0 Å². The lowest BCUT2D eigenvalue weighted by atomic mass is 9.84. The molecule has 0 bridgehead atoms. The van der Waals surface area contributed by atoms with E-state index in [-0.39, 0.29) is 6.04 Å². The molecule has 0 amide bonds. The molecule has 0 saturated heterocycles. The zero-order valence-electron chi connectivity index (χ0n) is 13.5. The van der Waals surface area contributed by atoms with E-state index in [4.69, 9.17) is 0 Å². The molecule has 1 aliphatic carbocycles. The Kier molecular flexibility index (Phi) is 5.39. The number of hydrogen-bond donors (Lipinski definition) is 1. The van der Waals surface area contributed by atoms with Gasteiger partial charge in [-0.05, 0) is 45.2 Å². The van der Waals surface area contributed by atoms with Gasteiger partial charge in [0.1, 0.15) is 5.54 Å². The molecule has 1 N–H and O–H groups in total. The lowest BCUT2D eigenvalue weighted by Crippen LogP contribution is -2.52. The summed E-state index contributed by atoms with van der Waals surface area (Å²) in [7, 11) is 2.13. The molecule has 0 aliphatic heterocycles. The van der Waals surface area contributed by atoms with E-state index in [1.807, 2.05) is 18.2 Å². The average molecular weight is 285 g/mol. The first-order valence-corrected chi connectivity index (χ1v) is 7.99. The molecule has 1 atom stereocenters. The quantitative estimate of drug-likeness (QED) is 0.836. The van der Waals surface area contributed by atoms with Crippen LogP contribution in [0.15, 0.2) is 30.3 Å². The topological polar surface area (TPSA) is 39.1 Å². The first-order chi connectivity index (χ1) is 10.1. The second kappa shape index (κ2) is 7.06. The Labute approximate surface area is 129 Å². The van der Waals surface area contributed by atoms with Gasteiger partial charge in [0.05, 0.1) is 6.07 Å². The molecule has 1 aliphatic rings. The Bertz CT molecular complexity index is 473. The van der Waals surface area contributed by atoms with Crippen LogP contribution in [0.1, 0.15) is 38.7 Å². The van der Waals surface area contributed by atoms with Gasteiger partial charge in [-0.3, -0.25) is 5.32 Å². The molecular weight excluding hydrogens is 258 g/mol. The Morgan fingerprint density at radius 2 is 2.00 bits per heavy atom. The van der Waals surface area contributed by atoms with Gasteiger partial charge >= 0.3 is 0 Å². The minimum Gasteiger partial charge on any atom is -0.303 e. The van der Waals surface area contributed by atoms with E-state index in [1.54, 1.807) is 0 Å². The van der Waals surface area contributed by atoms with Crippen molar-refractivity contribution in [3.8, 4) is 6.07 Å². The van der Waals surface area contributed by atoms with Gasteiger partial charge in [-0.15, -0.1) is 0 Å². The summed E-state index contributed by atoms with van der Waals surface area (Å²) in [6, 6.07) is 12.9. The zero-order valence-corrected chi connectivity index (χ0v) is 13.5. The predicted molar refractivity (Wildman–Crippen MR) is 86.8 cm³/mol. The summed E-state index contributed by atoms with van der Waals surface area (Å²) in [5, 5.41) is 13.4. The maximum Gasteiger partial charge on any atom is 0.145 e. The van der Waals surface area contributed by atoms with Gasteiger partial charge < -0.3 is 4.90 Å². The van der Waals surface area contributed by atoms with E-state index < -0.39 is 5.54 Å². The fraction of sp³-hybridized carbons (Fsp3) is 0.611. The highest BCUT2D eigenvalue weighted by Crippen LogP contribution is 2.28. The van der Waals surface area contributed by atoms with E-state index in [0.29, 0.717) is 0 Å². The summed E-state index contributed by atoms with van der Waals surface area (Å²) in [6.07, 6.45) is 4.05. The summed E-state index contributed by atoms with van der Waals surface area (Å²) in [4.78, 5) is 2.31. The molecule has 1 aromatic carbocycles. The van der Waals surface area contributed by atoms with Crippen LogP contribution in [-0.4, -0.2) is 31.1 Å². The zero-order chi connectivity index (χ0) is 15.3. The van der Waals surface area contributed by atoms with E-state index in [0.717, 1.165) is 24.6 Å². The highest BCUT2D eigenvalue weighted by Gasteiger charge is 2.34. The molecule has 1 saturated carbocycles. The maximum absolute atomic E-state index is 9.89. The van der Waals surface area contributed by atoms with Crippen LogP contribution in [0.25, 0.3) is 0 Å². The molecule has 21 heavy (non-hydrogen) atoms. The maximum atomic E-state index is 9.89. The lowest BCUT2D eigenvalue weighted by molar-refractivity contribution is 0.171. The van der Waals surface area contributed by atoms with Crippen molar-refractivity contribution in [1.82, 2.24) is 10.2 Å². The number of rotatable bonds is 7. The van der Waals surface area contributed by atoms with Crippen molar-refractivity contribution in [1.29, 1.82) is 5.26 Å². The number of nitriles is 1. The van der Waals surface area contributed by atoms with Crippen molar-refractivity contribution in [3.05, 3.63) is 35.9 Å². The SMILES string of the molecule is CC(C)NC(C#N)(CN(C)CC1CCC1)c1ccccc1. The van der Waals surface area contributed by atoms with Gasteiger partial charge in [0.15, 0.2) is 0 Å². The standard InChI is InChI=1S/C18H27N3/c1-15(2)20-18(13-19,17-10-5-4-6-11-17)14-21(3)12-16-8-7-9-16/h4-6,10-11,15-16,20H,7-9,12,14H2,1-3H3. The van der Waals surface area contributed by atoms with Crippen LogP contribution >= 0.6 is 0 Å². The van der Waals surface area contributed by atoms with Crippen LogP contribution < -0.4 is 5.32 Å². The van der Waals surface area contributed by atoms with Crippen molar-refractivity contribution < 1.29 is 0 Å². The molecule has 0 heterocycles. The second-order valence-electron chi connectivity index (χ2n) is 6.68. The third-order valence-electron chi connectivity index (χ3n) is 4.29. The number of likely N-dealkylation sites (N-methyl/N-ethyl adjacent to an activating group) is 1. The fourth-order valence-corrected chi connectivity index (χ4v) is 3.15. The minimum absolute atomic E-state index is 0.266. The van der Waals surface area contributed by atoms with Crippen LogP contribution in [-0.2, 0) is 5.54 Å². The van der Waals surface area contributed by atoms with Gasteiger partial charge in [-0.1, -0.05) is 36.8 Å². The van der Waals surface area contributed by atoms with Gasteiger partial charge in [0.2, 0.25) is 0 Å². The van der Waals surface area contributed by atoms with Crippen molar-refractivity contribution in [2.75, 3.05) is 20.1 Å². The van der Waals surface area contributed by atoms with E-state index in [2.05, 4.69) is 49.3 Å². The monoisotopic (exact) mass is 285 g/mol. The first-order valence-electron chi connectivity index (χ1n) is 7.99. The molecule has 3 heteroatoms. The van der Waals surface area contributed by atoms with E-state index in [1.165, 1.54) is 19.3 Å². The first kappa shape index (κ1) is 16.0. The Morgan fingerprint density at radius 1 is 1.33 bits per heavy atom. The second-order valence-corrected chi connectivity index (χ2v) is 6.68. The van der Waals surface area contributed by atoms with Gasteiger partial charge in [-0.2, -0.15) is 5.26 Å². The van der Waals surface area contributed by atoms with Crippen molar-refractivity contribution in [2.45, 2.75) is 44.7 Å². The predicted octanol–water partition coefficient (Wildman–Crippen LogP) is 3.14. The van der Waals surface area contributed by atoms with Crippen molar-refractivity contribution >= 4 is 0 Å². The molecule has 1 aromatic rings. The summed E-state index contributed by atoms with van der Waals surface area (Å²) in [5.41, 5.74) is 0.426. The number of nitrogens with zero attached hydrogens (tertiary/aromatic N) is 2. The minimum atomic E-state index is -0.631. The number of benzene rings is 1. The number of hydrogen-bond acceptors (Lipinski definition) is 3. The number of nitrogens with one attached hydrogen (secondary N) is 1. The van der Waals surface area contributed by atoms with Crippen LogP contribution in [0.5, 0.6) is 0 Å². The van der Waals surface area contributed by atoms with Gasteiger partial charge in [-0.25, -0.2) is 0 Å². The van der Waals surface area contributed by atoms with Crippen LogP contribution in [0.2, 0.25) is 0 Å². The molecule has 1 unspecified atom stereocenters. The van der Waals surface area contributed by atoms with Crippen LogP contribution in [0.4, 0.5) is 0 Å². The molecule has 0 spiro atoms. The smallest absolute Gasteiger partial charge is 0.145 e. The summed E-state index contributed by atoms with van der Waals surface area (Å²) in [5.74, 6) is 0.821.